The smallest absolute Gasteiger partial charge is 0.246 e. The molecule has 0 atom stereocenters. The summed E-state index contributed by atoms with van der Waals surface area (Å²) in [6, 6.07) is 8.27. The standard InChI is InChI=1S/C17H21N3OS/c1-4-20(17(21)10-9-16-18-11-12-22-16)13-14-5-7-15(8-6-14)19(2)3/h5-12H,4,13H2,1-3H3. The predicted octanol–water partition coefficient (Wildman–Crippen LogP) is 3.27. The van der Waals surface area contributed by atoms with Crippen molar-refractivity contribution in [2.75, 3.05) is 25.5 Å². The van der Waals surface area contributed by atoms with Crippen molar-refractivity contribution in [1.82, 2.24) is 9.88 Å². The van der Waals surface area contributed by atoms with Crippen LogP contribution in [0.4, 0.5) is 5.69 Å². The maximum atomic E-state index is 12.3. The molecule has 0 bridgehead atoms. The highest BCUT2D eigenvalue weighted by atomic mass is 32.1. The first-order valence-corrected chi connectivity index (χ1v) is 8.11. The molecule has 5 heteroatoms. The molecule has 116 valence electrons. The topological polar surface area (TPSA) is 36.4 Å². The lowest BCUT2D eigenvalue weighted by molar-refractivity contribution is -0.126. The molecule has 1 amide bonds. The van der Waals surface area contributed by atoms with Gasteiger partial charge in [-0.2, -0.15) is 0 Å². The Bertz CT molecular complexity index is 618. The lowest BCUT2D eigenvalue weighted by Gasteiger charge is -2.20. The highest BCUT2D eigenvalue weighted by molar-refractivity contribution is 7.10. The minimum Gasteiger partial charge on any atom is -0.378 e. The summed E-state index contributed by atoms with van der Waals surface area (Å²) in [5.74, 6) is 0.00869. The molecule has 0 unspecified atom stereocenters. The van der Waals surface area contributed by atoms with Crippen LogP contribution >= 0.6 is 11.3 Å². The zero-order valence-electron chi connectivity index (χ0n) is 13.2. The maximum absolute atomic E-state index is 12.3. The van der Waals surface area contributed by atoms with Gasteiger partial charge in [0.2, 0.25) is 5.91 Å². The van der Waals surface area contributed by atoms with E-state index in [0.717, 1.165) is 16.3 Å². The minimum absolute atomic E-state index is 0.00869. The van der Waals surface area contributed by atoms with E-state index < -0.39 is 0 Å². The molecule has 0 fully saturated rings. The first kappa shape index (κ1) is 16.2. The molecule has 0 saturated heterocycles. The molecule has 0 saturated carbocycles. The van der Waals surface area contributed by atoms with Gasteiger partial charge in [0, 0.05) is 50.5 Å². The third-order valence-corrected chi connectivity index (χ3v) is 4.08. The molecule has 0 N–H and O–H groups in total. The minimum atomic E-state index is 0.00869. The van der Waals surface area contributed by atoms with Crippen molar-refractivity contribution in [2.24, 2.45) is 0 Å². The Morgan fingerprint density at radius 3 is 2.55 bits per heavy atom. The van der Waals surface area contributed by atoms with Gasteiger partial charge in [-0.3, -0.25) is 4.79 Å². The molecule has 1 aromatic carbocycles. The van der Waals surface area contributed by atoms with Gasteiger partial charge >= 0.3 is 0 Å². The fourth-order valence-corrected chi connectivity index (χ4v) is 2.56. The molecule has 0 spiro atoms. The van der Waals surface area contributed by atoms with E-state index in [1.54, 1.807) is 18.3 Å². The monoisotopic (exact) mass is 315 g/mol. The van der Waals surface area contributed by atoms with Crippen LogP contribution in [-0.4, -0.2) is 36.4 Å². The van der Waals surface area contributed by atoms with Gasteiger partial charge in [-0.25, -0.2) is 4.98 Å². The second-order valence-corrected chi connectivity index (χ2v) is 6.04. The van der Waals surface area contributed by atoms with Gasteiger partial charge in [-0.05, 0) is 30.7 Å². The quantitative estimate of drug-likeness (QED) is 0.768. The summed E-state index contributed by atoms with van der Waals surface area (Å²) in [5.41, 5.74) is 2.28. The van der Waals surface area contributed by atoms with E-state index in [4.69, 9.17) is 0 Å². The molecule has 2 aromatic rings. The van der Waals surface area contributed by atoms with Gasteiger partial charge < -0.3 is 9.80 Å². The van der Waals surface area contributed by atoms with Crippen LogP contribution in [0.1, 0.15) is 17.5 Å². The van der Waals surface area contributed by atoms with Gasteiger partial charge in [0.05, 0.1) is 0 Å². The van der Waals surface area contributed by atoms with Crippen molar-refractivity contribution in [3.05, 3.63) is 52.5 Å². The summed E-state index contributed by atoms with van der Waals surface area (Å²) in [7, 11) is 4.03. The van der Waals surface area contributed by atoms with Crippen molar-refractivity contribution in [3.8, 4) is 0 Å². The Kier molecular flexibility index (Phi) is 5.72. The van der Waals surface area contributed by atoms with Gasteiger partial charge in [0.1, 0.15) is 5.01 Å². The number of likely N-dealkylation sites (N-methyl/N-ethyl adjacent to an activating group) is 1. The second kappa shape index (κ2) is 7.75. The molecule has 1 aromatic heterocycles. The number of carbonyl (C=O) groups is 1. The maximum Gasteiger partial charge on any atom is 0.246 e. The molecule has 1 heterocycles. The number of rotatable bonds is 6. The van der Waals surface area contributed by atoms with Gasteiger partial charge in [-0.1, -0.05) is 12.1 Å². The Morgan fingerprint density at radius 1 is 1.27 bits per heavy atom. The van der Waals surface area contributed by atoms with Crippen LogP contribution in [0.5, 0.6) is 0 Å². The third-order valence-electron chi connectivity index (χ3n) is 3.34. The third kappa shape index (κ3) is 4.43. The number of carbonyl (C=O) groups excluding carboxylic acids is 1. The van der Waals surface area contributed by atoms with Crippen LogP contribution in [-0.2, 0) is 11.3 Å². The fraction of sp³-hybridized carbons (Fsp3) is 0.294. The summed E-state index contributed by atoms with van der Waals surface area (Å²) in [6.07, 6.45) is 5.10. The lowest BCUT2D eigenvalue weighted by atomic mass is 10.2. The summed E-state index contributed by atoms with van der Waals surface area (Å²) < 4.78 is 0. The highest BCUT2D eigenvalue weighted by Crippen LogP contribution is 2.14. The zero-order valence-corrected chi connectivity index (χ0v) is 14.0. The molecular weight excluding hydrogens is 294 g/mol. The Labute approximate surface area is 135 Å². The van der Waals surface area contributed by atoms with E-state index >= 15 is 0 Å². The number of hydrogen-bond acceptors (Lipinski definition) is 4. The largest absolute Gasteiger partial charge is 0.378 e. The molecule has 0 aliphatic carbocycles. The molecule has 0 aliphatic heterocycles. The first-order valence-electron chi connectivity index (χ1n) is 7.23. The number of thiazole rings is 1. The van der Waals surface area contributed by atoms with Crippen LogP contribution in [0.3, 0.4) is 0 Å². The van der Waals surface area contributed by atoms with Crippen LogP contribution < -0.4 is 4.90 Å². The van der Waals surface area contributed by atoms with E-state index in [0.29, 0.717) is 13.1 Å². The molecule has 0 radical (unpaired) electrons. The molecule has 4 nitrogen and oxygen atoms in total. The van der Waals surface area contributed by atoms with Crippen molar-refractivity contribution in [2.45, 2.75) is 13.5 Å². The van der Waals surface area contributed by atoms with E-state index in [2.05, 4.69) is 34.1 Å². The number of nitrogens with zero attached hydrogens (tertiary/aromatic N) is 3. The van der Waals surface area contributed by atoms with E-state index in [-0.39, 0.29) is 5.91 Å². The second-order valence-electron chi connectivity index (χ2n) is 5.12. The van der Waals surface area contributed by atoms with Crippen molar-refractivity contribution in [1.29, 1.82) is 0 Å². The fourth-order valence-electron chi connectivity index (χ4n) is 2.03. The average Bonchev–Trinajstić information content (AvgIpc) is 3.04. The van der Waals surface area contributed by atoms with Crippen molar-refractivity contribution >= 4 is 29.0 Å². The number of amides is 1. The van der Waals surface area contributed by atoms with Gasteiger partial charge in [0.25, 0.3) is 0 Å². The first-order chi connectivity index (χ1) is 10.6. The SMILES string of the molecule is CCN(Cc1ccc(N(C)C)cc1)C(=O)C=Cc1nccs1. The summed E-state index contributed by atoms with van der Waals surface area (Å²) >= 11 is 1.52. The Hall–Kier alpha value is -2.14. The number of anilines is 1. The normalized spacial score (nSPS) is 10.9. The van der Waals surface area contributed by atoms with E-state index in [9.17, 15) is 4.79 Å². The number of benzene rings is 1. The van der Waals surface area contributed by atoms with Crippen LogP contribution in [0.15, 0.2) is 41.9 Å². The van der Waals surface area contributed by atoms with Gasteiger partial charge in [-0.15, -0.1) is 11.3 Å². The van der Waals surface area contributed by atoms with Crippen LogP contribution in [0, 0.1) is 0 Å². The average molecular weight is 315 g/mol. The van der Waals surface area contributed by atoms with Crippen molar-refractivity contribution < 1.29 is 4.79 Å². The predicted molar refractivity (Wildman–Crippen MR) is 93.0 cm³/mol. The van der Waals surface area contributed by atoms with Crippen LogP contribution in [0.25, 0.3) is 6.08 Å². The summed E-state index contributed by atoms with van der Waals surface area (Å²) in [5, 5.41) is 2.74. The zero-order chi connectivity index (χ0) is 15.9. The molecular formula is C17H21N3OS. The summed E-state index contributed by atoms with van der Waals surface area (Å²) in [4.78, 5) is 20.3. The molecule has 0 aliphatic rings. The highest BCUT2D eigenvalue weighted by Gasteiger charge is 2.09. The molecule has 22 heavy (non-hydrogen) atoms. The van der Waals surface area contributed by atoms with E-state index in [1.807, 2.05) is 31.3 Å². The number of aromatic nitrogens is 1. The van der Waals surface area contributed by atoms with Crippen LogP contribution in [0.2, 0.25) is 0 Å². The number of hydrogen-bond donors (Lipinski definition) is 0. The van der Waals surface area contributed by atoms with E-state index in [1.165, 1.54) is 11.3 Å². The molecule has 2 rings (SSSR count). The lowest BCUT2D eigenvalue weighted by Crippen LogP contribution is -2.28. The Balaban J connectivity index is 2.00. The Morgan fingerprint density at radius 2 is 2.00 bits per heavy atom. The van der Waals surface area contributed by atoms with Gasteiger partial charge in [0.15, 0.2) is 0 Å². The summed E-state index contributed by atoms with van der Waals surface area (Å²) in [6.45, 7) is 3.28. The van der Waals surface area contributed by atoms with Crippen molar-refractivity contribution in [3.63, 3.8) is 0 Å².